The van der Waals surface area contributed by atoms with Crippen LogP contribution in [0.15, 0.2) is 39.9 Å². The van der Waals surface area contributed by atoms with Crippen molar-refractivity contribution in [1.29, 1.82) is 0 Å². The van der Waals surface area contributed by atoms with Gasteiger partial charge in [0.1, 0.15) is 5.56 Å². The molecule has 1 aliphatic rings. The lowest BCUT2D eigenvalue weighted by Crippen LogP contribution is -2.38. The fourth-order valence-corrected chi connectivity index (χ4v) is 3.65. The summed E-state index contributed by atoms with van der Waals surface area (Å²) >= 11 is 0. The van der Waals surface area contributed by atoms with Crippen molar-refractivity contribution in [1.82, 2.24) is 9.55 Å². The maximum absolute atomic E-state index is 12.5. The number of H-pyrrole nitrogens is 1. The summed E-state index contributed by atoms with van der Waals surface area (Å²) in [7, 11) is 0. The summed E-state index contributed by atoms with van der Waals surface area (Å²) in [5, 5.41) is 0. The number of hydrogen-bond acceptors (Lipinski definition) is 4. The fourth-order valence-electron chi connectivity index (χ4n) is 3.65. The minimum atomic E-state index is -0.681. The number of aromatic nitrogens is 2. The van der Waals surface area contributed by atoms with E-state index in [1.807, 2.05) is 30.3 Å². The number of ether oxygens (including phenoxy) is 1. The fraction of sp³-hybridized carbons (Fsp3) is 0.450. The molecule has 6 nitrogen and oxygen atoms in total. The van der Waals surface area contributed by atoms with Crippen LogP contribution in [0, 0.1) is 5.92 Å². The highest BCUT2D eigenvalue weighted by atomic mass is 16.5. The second-order valence-electron chi connectivity index (χ2n) is 6.72. The lowest BCUT2D eigenvalue weighted by atomic mass is 10.0. The van der Waals surface area contributed by atoms with Crippen molar-refractivity contribution in [3.8, 4) is 0 Å². The molecule has 0 spiro atoms. The zero-order valence-electron chi connectivity index (χ0n) is 15.0. The van der Waals surface area contributed by atoms with E-state index in [4.69, 9.17) is 4.74 Å². The van der Waals surface area contributed by atoms with Gasteiger partial charge in [-0.1, -0.05) is 43.2 Å². The molecular formula is C20H24N2O4. The Kier molecular flexibility index (Phi) is 5.71. The highest BCUT2D eigenvalue weighted by molar-refractivity contribution is 5.90. The van der Waals surface area contributed by atoms with Gasteiger partial charge in [-0.2, -0.15) is 0 Å². The van der Waals surface area contributed by atoms with Gasteiger partial charge in [0, 0.05) is 18.7 Å². The van der Waals surface area contributed by atoms with E-state index in [1.165, 1.54) is 0 Å². The van der Waals surface area contributed by atoms with E-state index in [0.29, 0.717) is 24.6 Å². The van der Waals surface area contributed by atoms with E-state index < -0.39 is 17.2 Å². The van der Waals surface area contributed by atoms with Crippen molar-refractivity contribution >= 4 is 5.97 Å². The molecule has 1 heterocycles. The zero-order valence-corrected chi connectivity index (χ0v) is 15.0. The summed E-state index contributed by atoms with van der Waals surface area (Å²) in [4.78, 5) is 39.6. The molecule has 0 atom stereocenters. The quantitative estimate of drug-likeness (QED) is 0.807. The van der Waals surface area contributed by atoms with Crippen LogP contribution in [0.2, 0.25) is 0 Å². The van der Waals surface area contributed by atoms with E-state index in [9.17, 15) is 14.4 Å². The van der Waals surface area contributed by atoms with E-state index in [2.05, 4.69) is 4.98 Å². The van der Waals surface area contributed by atoms with Crippen molar-refractivity contribution in [3.63, 3.8) is 0 Å². The third-order valence-corrected chi connectivity index (χ3v) is 4.92. The Labute approximate surface area is 151 Å². The molecule has 3 rings (SSSR count). The number of benzene rings is 1. The first-order valence-corrected chi connectivity index (χ1v) is 9.17. The number of aromatic amines is 1. The van der Waals surface area contributed by atoms with Gasteiger partial charge in [0.15, 0.2) is 0 Å². The van der Waals surface area contributed by atoms with Gasteiger partial charge in [-0.05, 0) is 31.2 Å². The predicted molar refractivity (Wildman–Crippen MR) is 98.5 cm³/mol. The van der Waals surface area contributed by atoms with Gasteiger partial charge in [0.05, 0.1) is 6.61 Å². The Bertz CT molecular complexity index is 877. The molecule has 138 valence electrons. The molecule has 1 N–H and O–H groups in total. The van der Waals surface area contributed by atoms with Crippen molar-refractivity contribution in [2.45, 2.75) is 45.6 Å². The summed E-state index contributed by atoms with van der Waals surface area (Å²) in [6, 6.07) is 9.53. The molecule has 0 saturated heterocycles. The Morgan fingerprint density at radius 3 is 2.54 bits per heavy atom. The SMILES string of the molecule is CCOC(=O)c1c(Cc2ccccc2)n(CC2CCCC2)c(=O)[nH]c1=O. The van der Waals surface area contributed by atoms with Gasteiger partial charge < -0.3 is 4.74 Å². The molecule has 1 aromatic heterocycles. The first kappa shape index (κ1) is 18.2. The van der Waals surface area contributed by atoms with Crippen LogP contribution in [0.4, 0.5) is 0 Å². The smallest absolute Gasteiger partial charge is 0.345 e. The van der Waals surface area contributed by atoms with Gasteiger partial charge in [-0.3, -0.25) is 14.3 Å². The molecule has 1 saturated carbocycles. The molecule has 1 aromatic carbocycles. The monoisotopic (exact) mass is 356 g/mol. The number of nitrogens with zero attached hydrogens (tertiary/aromatic N) is 1. The molecule has 26 heavy (non-hydrogen) atoms. The molecule has 0 bridgehead atoms. The van der Waals surface area contributed by atoms with Crippen molar-refractivity contribution in [3.05, 3.63) is 68.0 Å². The minimum Gasteiger partial charge on any atom is -0.462 e. The first-order valence-electron chi connectivity index (χ1n) is 9.17. The van der Waals surface area contributed by atoms with Crippen LogP contribution in [0.1, 0.15) is 54.2 Å². The van der Waals surface area contributed by atoms with Crippen LogP contribution in [0.3, 0.4) is 0 Å². The number of carbonyl (C=O) groups is 1. The lowest BCUT2D eigenvalue weighted by Gasteiger charge is -2.18. The Morgan fingerprint density at radius 1 is 1.19 bits per heavy atom. The normalized spacial score (nSPS) is 14.5. The average molecular weight is 356 g/mol. The van der Waals surface area contributed by atoms with E-state index in [-0.39, 0.29) is 12.2 Å². The van der Waals surface area contributed by atoms with Gasteiger partial charge in [0.2, 0.25) is 0 Å². The van der Waals surface area contributed by atoms with Crippen LogP contribution >= 0.6 is 0 Å². The number of esters is 1. The Balaban J connectivity index is 2.11. The lowest BCUT2D eigenvalue weighted by molar-refractivity contribution is 0.0521. The van der Waals surface area contributed by atoms with E-state index in [1.54, 1.807) is 11.5 Å². The highest BCUT2D eigenvalue weighted by Gasteiger charge is 2.25. The molecule has 1 fully saturated rings. The van der Waals surface area contributed by atoms with Gasteiger partial charge in [-0.15, -0.1) is 0 Å². The second kappa shape index (κ2) is 8.17. The van der Waals surface area contributed by atoms with Gasteiger partial charge in [0.25, 0.3) is 5.56 Å². The molecule has 1 aliphatic carbocycles. The van der Waals surface area contributed by atoms with Crippen LogP contribution in [-0.4, -0.2) is 22.1 Å². The molecule has 0 unspecified atom stereocenters. The van der Waals surface area contributed by atoms with Gasteiger partial charge >= 0.3 is 11.7 Å². The van der Waals surface area contributed by atoms with Crippen LogP contribution in [0.5, 0.6) is 0 Å². The highest BCUT2D eigenvalue weighted by Crippen LogP contribution is 2.26. The average Bonchev–Trinajstić information content (AvgIpc) is 3.12. The number of hydrogen-bond donors (Lipinski definition) is 1. The standard InChI is InChI=1S/C20H24N2O4/c1-2-26-19(24)17-16(12-14-8-4-3-5-9-14)22(20(25)21-18(17)23)13-15-10-6-7-11-15/h3-5,8-9,15H,2,6-7,10-13H2,1H3,(H,21,23,25). The van der Waals surface area contributed by atoms with Crippen molar-refractivity contribution in [2.75, 3.05) is 6.61 Å². The Hall–Kier alpha value is -2.63. The maximum Gasteiger partial charge on any atom is 0.345 e. The number of carbonyl (C=O) groups excluding carboxylic acids is 1. The molecule has 0 aliphatic heterocycles. The third-order valence-electron chi connectivity index (χ3n) is 4.92. The topological polar surface area (TPSA) is 81.2 Å². The number of rotatable bonds is 6. The van der Waals surface area contributed by atoms with Crippen LogP contribution in [0.25, 0.3) is 0 Å². The molecular weight excluding hydrogens is 332 g/mol. The second-order valence-corrected chi connectivity index (χ2v) is 6.72. The van der Waals surface area contributed by atoms with Crippen molar-refractivity contribution < 1.29 is 9.53 Å². The summed E-state index contributed by atoms with van der Waals surface area (Å²) < 4.78 is 6.64. The van der Waals surface area contributed by atoms with Crippen LogP contribution in [-0.2, 0) is 17.7 Å². The summed E-state index contributed by atoms with van der Waals surface area (Å²) in [5.41, 5.74) is 0.176. The molecule has 6 heteroatoms. The molecule has 2 aromatic rings. The van der Waals surface area contributed by atoms with E-state index >= 15 is 0 Å². The first-order chi connectivity index (χ1) is 12.6. The molecule has 0 radical (unpaired) electrons. The van der Waals surface area contributed by atoms with Crippen molar-refractivity contribution in [2.24, 2.45) is 5.92 Å². The zero-order chi connectivity index (χ0) is 18.5. The Morgan fingerprint density at radius 2 is 1.88 bits per heavy atom. The maximum atomic E-state index is 12.5. The van der Waals surface area contributed by atoms with Crippen LogP contribution < -0.4 is 11.2 Å². The summed E-state index contributed by atoms with van der Waals surface area (Å²) in [5.74, 6) is -0.289. The van der Waals surface area contributed by atoms with E-state index in [0.717, 1.165) is 31.2 Å². The minimum absolute atomic E-state index is 0.0618. The number of nitrogens with one attached hydrogen (secondary N) is 1. The largest absolute Gasteiger partial charge is 0.462 e. The third kappa shape index (κ3) is 3.95. The summed E-state index contributed by atoms with van der Waals surface area (Å²) in [6.07, 6.45) is 4.76. The summed E-state index contributed by atoms with van der Waals surface area (Å²) in [6.45, 7) is 2.38. The van der Waals surface area contributed by atoms with Gasteiger partial charge in [-0.25, -0.2) is 9.59 Å². The predicted octanol–water partition coefficient (Wildman–Crippen LogP) is 2.49. The molecule has 0 amide bonds.